The fraction of sp³-hybridized carbons (Fsp3) is 0.632. The number of ether oxygens (including phenoxy) is 1. The summed E-state index contributed by atoms with van der Waals surface area (Å²) in [6.45, 7) is 5.17. The van der Waals surface area contributed by atoms with Crippen molar-refractivity contribution in [3.8, 4) is 0 Å². The molecule has 1 atom stereocenters. The topological polar surface area (TPSA) is 41.6 Å². The number of hydrogen-bond donors (Lipinski definition) is 1. The maximum atomic E-state index is 12.8. The van der Waals surface area contributed by atoms with Gasteiger partial charge in [0.2, 0.25) is 5.91 Å². The minimum absolute atomic E-state index is 0. The number of carbonyl (C=O) groups is 1. The molecule has 4 nitrogen and oxygen atoms in total. The Bertz CT molecular complexity index is 594. The predicted octanol–water partition coefficient (Wildman–Crippen LogP) is 2.75. The van der Waals surface area contributed by atoms with Crippen LogP contribution in [0.4, 0.5) is 5.69 Å². The number of benzene rings is 1. The number of morpholine rings is 1. The molecule has 24 heavy (non-hydrogen) atoms. The van der Waals surface area contributed by atoms with Crippen LogP contribution in [0.15, 0.2) is 6.07 Å². The van der Waals surface area contributed by atoms with Crippen molar-refractivity contribution in [2.45, 2.75) is 51.5 Å². The third-order valence-electron chi connectivity index (χ3n) is 5.69. The van der Waals surface area contributed by atoms with E-state index >= 15 is 0 Å². The number of fused-ring (bicyclic) bond motifs is 2. The first-order valence-corrected chi connectivity index (χ1v) is 9.03. The molecule has 1 heterocycles. The lowest BCUT2D eigenvalue weighted by molar-refractivity contribution is -0.122. The second-order valence-corrected chi connectivity index (χ2v) is 7.05. The second-order valence-electron chi connectivity index (χ2n) is 7.05. The first kappa shape index (κ1) is 17.7. The average Bonchev–Trinajstić information content (AvgIpc) is 3.23. The van der Waals surface area contributed by atoms with Crippen molar-refractivity contribution in [2.24, 2.45) is 0 Å². The minimum Gasteiger partial charge on any atom is -0.379 e. The Kier molecular flexibility index (Phi) is 5.48. The van der Waals surface area contributed by atoms with Gasteiger partial charge in [-0.25, -0.2) is 0 Å². The molecule has 1 N–H and O–H groups in total. The molecule has 0 aromatic heterocycles. The summed E-state index contributed by atoms with van der Waals surface area (Å²) >= 11 is 0. The number of nitrogens with zero attached hydrogens (tertiary/aromatic N) is 1. The molecule has 0 radical (unpaired) electrons. The first-order valence-electron chi connectivity index (χ1n) is 9.03. The minimum atomic E-state index is -0.0896. The van der Waals surface area contributed by atoms with Crippen molar-refractivity contribution in [2.75, 3.05) is 31.6 Å². The summed E-state index contributed by atoms with van der Waals surface area (Å²) in [7, 11) is 0. The van der Waals surface area contributed by atoms with Gasteiger partial charge in [-0.3, -0.25) is 9.69 Å². The van der Waals surface area contributed by atoms with Gasteiger partial charge in [-0.2, -0.15) is 0 Å². The summed E-state index contributed by atoms with van der Waals surface area (Å²) in [6, 6.07) is 2.32. The largest absolute Gasteiger partial charge is 0.379 e. The van der Waals surface area contributed by atoms with Gasteiger partial charge in [0.1, 0.15) is 0 Å². The molecule has 1 saturated heterocycles. The van der Waals surface area contributed by atoms with Gasteiger partial charge in [-0.1, -0.05) is 6.07 Å². The number of halogens is 1. The standard InChI is InChI=1S/C19H26N2O2.ClH/c1-13(21-8-10-23-11-9-21)19(22)20-18-16-6-2-4-14(16)12-15-5-3-7-17(15)18;/h12-13H,2-11H2,1H3,(H,20,22);1H. The molecular formula is C19H27ClN2O2. The number of carbonyl (C=O) groups excluding carboxylic acids is 1. The highest BCUT2D eigenvalue weighted by Crippen LogP contribution is 2.38. The third-order valence-corrected chi connectivity index (χ3v) is 5.69. The highest BCUT2D eigenvalue weighted by Gasteiger charge is 2.28. The normalized spacial score (nSPS) is 20.9. The van der Waals surface area contributed by atoms with E-state index in [1.807, 2.05) is 6.92 Å². The van der Waals surface area contributed by atoms with Crippen molar-refractivity contribution in [3.05, 3.63) is 28.3 Å². The fourth-order valence-corrected chi connectivity index (χ4v) is 4.33. The van der Waals surface area contributed by atoms with Gasteiger partial charge < -0.3 is 10.1 Å². The number of amides is 1. The van der Waals surface area contributed by atoms with E-state index in [0.717, 1.165) is 44.8 Å². The molecule has 4 rings (SSSR count). The van der Waals surface area contributed by atoms with Crippen LogP contribution in [-0.4, -0.2) is 43.2 Å². The molecule has 0 bridgehead atoms. The second kappa shape index (κ2) is 7.42. The van der Waals surface area contributed by atoms with E-state index in [0.29, 0.717) is 0 Å². The summed E-state index contributed by atoms with van der Waals surface area (Å²) in [4.78, 5) is 15.0. The average molecular weight is 351 g/mol. The van der Waals surface area contributed by atoms with Gasteiger partial charge in [0.15, 0.2) is 0 Å². The molecule has 3 aliphatic rings. The van der Waals surface area contributed by atoms with E-state index in [9.17, 15) is 4.79 Å². The van der Waals surface area contributed by atoms with Crippen LogP contribution in [0.1, 0.15) is 42.0 Å². The molecule has 1 aromatic rings. The van der Waals surface area contributed by atoms with Crippen LogP contribution in [0.2, 0.25) is 0 Å². The Morgan fingerprint density at radius 1 is 1.08 bits per heavy atom. The number of rotatable bonds is 3. The van der Waals surface area contributed by atoms with Gasteiger partial charge in [0, 0.05) is 18.8 Å². The van der Waals surface area contributed by atoms with Crippen LogP contribution in [0.25, 0.3) is 0 Å². The van der Waals surface area contributed by atoms with Gasteiger partial charge in [-0.15, -0.1) is 12.4 Å². The molecule has 2 aliphatic carbocycles. The van der Waals surface area contributed by atoms with Crippen LogP contribution >= 0.6 is 12.4 Å². The molecule has 0 saturated carbocycles. The molecule has 5 heteroatoms. The zero-order chi connectivity index (χ0) is 15.8. The Morgan fingerprint density at radius 3 is 2.25 bits per heavy atom. The predicted molar refractivity (Wildman–Crippen MR) is 98.2 cm³/mol. The number of anilines is 1. The van der Waals surface area contributed by atoms with Crippen LogP contribution in [0.5, 0.6) is 0 Å². The SMILES string of the molecule is CC(C(=O)Nc1c2c(cc3c1CCC3)CCC2)N1CCOCC1.Cl. The smallest absolute Gasteiger partial charge is 0.241 e. The van der Waals surface area contributed by atoms with Crippen LogP contribution in [0, 0.1) is 0 Å². The van der Waals surface area contributed by atoms with E-state index in [4.69, 9.17) is 4.74 Å². The van der Waals surface area contributed by atoms with Gasteiger partial charge in [0.05, 0.1) is 19.3 Å². The number of aryl methyl sites for hydroxylation is 2. The van der Waals surface area contributed by atoms with Gasteiger partial charge in [0.25, 0.3) is 0 Å². The molecule has 1 aliphatic heterocycles. The highest BCUT2D eigenvalue weighted by molar-refractivity contribution is 5.96. The Balaban J connectivity index is 0.00000169. The highest BCUT2D eigenvalue weighted by atomic mass is 35.5. The molecule has 1 fully saturated rings. The van der Waals surface area contributed by atoms with Crippen molar-refractivity contribution in [3.63, 3.8) is 0 Å². The zero-order valence-electron chi connectivity index (χ0n) is 14.4. The summed E-state index contributed by atoms with van der Waals surface area (Å²) < 4.78 is 5.40. The third kappa shape index (κ3) is 3.19. The molecule has 132 valence electrons. The molecule has 1 amide bonds. The Hall–Kier alpha value is -1.10. The monoisotopic (exact) mass is 350 g/mol. The fourth-order valence-electron chi connectivity index (χ4n) is 4.33. The van der Waals surface area contributed by atoms with Crippen LogP contribution in [-0.2, 0) is 35.2 Å². The van der Waals surface area contributed by atoms with Crippen molar-refractivity contribution < 1.29 is 9.53 Å². The maximum Gasteiger partial charge on any atom is 0.241 e. The lowest BCUT2D eigenvalue weighted by Gasteiger charge is -2.31. The van der Waals surface area contributed by atoms with Crippen molar-refractivity contribution >= 4 is 24.0 Å². The quantitative estimate of drug-likeness (QED) is 0.911. The summed E-state index contributed by atoms with van der Waals surface area (Å²) in [5.74, 6) is 0.140. The Labute approximate surface area is 150 Å². The van der Waals surface area contributed by atoms with E-state index in [1.54, 1.807) is 0 Å². The Morgan fingerprint density at radius 2 is 1.67 bits per heavy atom. The van der Waals surface area contributed by atoms with E-state index in [2.05, 4.69) is 16.3 Å². The van der Waals surface area contributed by atoms with Crippen LogP contribution < -0.4 is 5.32 Å². The molecule has 1 unspecified atom stereocenters. The molecular weight excluding hydrogens is 324 g/mol. The lowest BCUT2D eigenvalue weighted by atomic mass is 9.98. The molecule has 1 aromatic carbocycles. The van der Waals surface area contributed by atoms with Gasteiger partial charge in [-0.05, 0) is 67.7 Å². The maximum absolute atomic E-state index is 12.8. The first-order chi connectivity index (χ1) is 11.2. The molecule has 0 spiro atoms. The summed E-state index contributed by atoms with van der Waals surface area (Å²) in [5.41, 5.74) is 6.93. The van der Waals surface area contributed by atoms with E-state index in [1.165, 1.54) is 47.9 Å². The van der Waals surface area contributed by atoms with E-state index in [-0.39, 0.29) is 24.4 Å². The van der Waals surface area contributed by atoms with Crippen molar-refractivity contribution in [1.29, 1.82) is 0 Å². The number of hydrogen-bond acceptors (Lipinski definition) is 3. The van der Waals surface area contributed by atoms with Gasteiger partial charge >= 0.3 is 0 Å². The van der Waals surface area contributed by atoms with Crippen LogP contribution in [0.3, 0.4) is 0 Å². The zero-order valence-corrected chi connectivity index (χ0v) is 15.2. The number of nitrogens with one attached hydrogen (secondary N) is 1. The summed E-state index contributed by atoms with van der Waals surface area (Å²) in [5, 5.41) is 3.32. The van der Waals surface area contributed by atoms with E-state index < -0.39 is 0 Å². The van der Waals surface area contributed by atoms with Crippen molar-refractivity contribution in [1.82, 2.24) is 4.90 Å². The summed E-state index contributed by atoms with van der Waals surface area (Å²) in [6.07, 6.45) is 7.02. The lowest BCUT2D eigenvalue weighted by Crippen LogP contribution is -2.47.